The van der Waals surface area contributed by atoms with Crippen LogP contribution in [0, 0.1) is 17.7 Å². The van der Waals surface area contributed by atoms with Gasteiger partial charge in [0.15, 0.2) is 0 Å². The Balaban J connectivity index is 2.12. The molecule has 108 valence electrons. The van der Waals surface area contributed by atoms with Crippen LogP contribution in [0.5, 0.6) is 5.75 Å². The lowest BCUT2D eigenvalue weighted by atomic mass is 10.1. The molecule has 0 saturated heterocycles. The lowest BCUT2D eigenvalue weighted by Gasteiger charge is -2.08. The molecule has 1 N–H and O–H groups in total. The maximum absolute atomic E-state index is 13.3. The normalized spacial score (nSPS) is 9.86. The Morgan fingerprint density at radius 3 is 2.62 bits per heavy atom. The molecule has 21 heavy (non-hydrogen) atoms. The lowest BCUT2D eigenvalue weighted by molar-refractivity contribution is 0.305. The van der Waals surface area contributed by atoms with Crippen LogP contribution in [0.1, 0.15) is 17.5 Å². The van der Waals surface area contributed by atoms with Crippen LogP contribution in [0.4, 0.5) is 4.39 Å². The minimum atomic E-state index is -0.349. The van der Waals surface area contributed by atoms with Crippen LogP contribution in [0.3, 0.4) is 0 Å². The highest BCUT2D eigenvalue weighted by Crippen LogP contribution is 2.18. The number of rotatable bonds is 4. The molecule has 0 radical (unpaired) electrons. The second-order valence-corrected chi connectivity index (χ2v) is 4.76. The van der Waals surface area contributed by atoms with Gasteiger partial charge in [0.05, 0.1) is 6.61 Å². The smallest absolute Gasteiger partial charge is 0.124 e. The largest absolute Gasteiger partial charge is 0.489 e. The average Bonchev–Trinajstić information content (AvgIpc) is 2.48. The first-order valence-electron chi connectivity index (χ1n) is 6.45. The molecule has 2 rings (SSSR count). The second-order valence-electron chi connectivity index (χ2n) is 4.32. The Kier molecular flexibility index (Phi) is 5.62. The van der Waals surface area contributed by atoms with E-state index in [-0.39, 0.29) is 19.0 Å². The van der Waals surface area contributed by atoms with Crippen molar-refractivity contribution >= 4 is 11.6 Å². The molecule has 0 aliphatic rings. The van der Waals surface area contributed by atoms with Gasteiger partial charge in [-0.25, -0.2) is 4.39 Å². The molecule has 0 aromatic heterocycles. The molecule has 0 spiro atoms. The SMILES string of the molecule is OCCC#Cc1cc(F)ccc1COc1ccc(Cl)cc1. The summed E-state index contributed by atoms with van der Waals surface area (Å²) in [6, 6.07) is 11.4. The summed E-state index contributed by atoms with van der Waals surface area (Å²) >= 11 is 5.81. The van der Waals surface area contributed by atoms with Gasteiger partial charge in [0.2, 0.25) is 0 Å². The minimum Gasteiger partial charge on any atom is -0.489 e. The standard InChI is InChI=1S/C17H14ClFO2/c18-15-5-8-17(9-6-15)21-12-14-4-7-16(19)11-13(14)3-1-2-10-20/h4-9,11,20H,2,10,12H2. The van der Waals surface area contributed by atoms with Crippen molar-refractivity contribution in [3.05, 3.63) is 64.4 Å². The van der Waals surface area contributed by atoms with E-state index in [1.807, 2.05) is 0 Å². The van der Waals surface area contributed by atoms with Crippen LogP contribution < -0.4 is 4.74 Å². The summed E-state index contributed by atoms with van der Waals surface area (Å²) in [5.41, 5.74) is 1.36. The molecule has 2 aromatic carbocycles. The van der Waals surface area contributed by atoms with E-state index in [4.69, 9.17) is 21.4 Å². The third-order valence-electron chi connectivity index (χ3n) is 2.74. The molecule has 0 fully saturated rings. The van der Waals surface area contributed by atoms with Gasteiger partial charge in [-0.2, -0.15) is 0 Å². The van der Waals surface area contributed by atoms with Crippen molar-refractivity contribution in [3.8, 4) is 17.6 Å². The maximum atomic E-state index is 13.3. The number of hydrogen-bond donors (Lipinski definition) is 1. The van der Waals surface area contributed by atoms with E-state index in [1.54, 1.807) is 30.3 Å². The predicted molar refractivity (Wildman–Crippen MR) is 80.8 cm³/mol. The van der Waals surface area contributed by atoms with Crippen molar-refractivity contribution in [1.82, 2.24) is 0 Å². The molecule has 0 heterocycles. The third-order valence-corrected chi connectivity index (χ3v) is 2.99. The lowest BCUT2D eigenvalue weighted by Crippen LogP contribution is -1.99. The zero-order chi connectivity index (χ0) is 15.1. The van der Waals surface area contributed by atoms with Crippen LogP contribution in [0.2, 0.25) is 5.02 Å². The molecular weight excluding hydrogens is 291 g/mol. The fourth-order valence-electron chi connectivity index (χ4n) is 1.70. The number of aliphatic hydroxyl groups is 1. The highest BCUT2D eigenvalue weighted by atomic mass is 35.5. The fraction of sp³-hybridized carbons (Fsp3) is 0.176. The number of halogens is 2. The first-order valence-corrected chi connectivity index (χ1v) is 6.83. The van der Waals surface area contributed by atoms with Gasteiger partial charge in [0.25, 0.3) is 0 Å². The number of benzene rings is 2. The summed E-state index contributed by atoms with van der Waals surface area (Å²) in [5.74, 6) is 5.96. The molecule has 0 saturated carbocycles. The molecule has 4 heteroatoms. The van der Waals surface area contributed by atoms with Crippen LogP contribution in [-0.2, 0) is 6.61 Å². The fourth-order valence-corrected chi connectivity index (χ4v) is 1.82. The Hall–Kier alpha value is -2.02. The maximum Gasteiger partial charge on any atom is 0.124 e. The Morgan fingerprint density at radius 1 is 1.14 bits per heavy atom. The summed E-state index contributed by atoms with van der Waals surface area (Å²) in [6.45, 7) is 0.268. The van der Waals surface area contributed by atoms with Gasteiger partial charge >= 0.3 is 0 Å². The van der Waals surface area contributed by atoms with E-state index in [9.17, 15) is 4.39 Å². The van der Waals surface area contributed by atoms with Crippen LogP contribution in [0.25, 0.3) is 0 Å². The Morgan fingerprint density at radius 2 is 1.90 bits per heavy atom. The number of ether oxygens (including phenoxy) is 1. The molecule has 0 atom stereocenters. The predicted octanol–water partition coefficient (Wildman–Crippen LogP) is 3.79. The summed E-state index contributed by atoms with van der Waals surface area (Å²) < 4.78 is 18.9. The summed E-state index contributed by atoms with van der Waals surface area (Å²) in [5, 5.41) is 9.37. The van der Waals surface area contributed by atoms with Crippen molar-refractivity contribution < 1.29 is 14.2 Å². The highest BCUT2D eigenvalue weighted by molar-refractivity contribution is 6.30. The van der Waals surface area contributed by atoms with E-state index in [2.05, 4.69) is 11.8 Å². The molecule has 0 amide bonds. The summed E-state index contributed by atoms with van der Waals surface area (Å²) in [6.07, 6.45) is 0.355. The van der Waals surface area contributed by atoms with Crippen molar-refractivity contribution in [1.29, 1.82) is 0 Å². The Labute approximate surface area is 128 Å². The second kappa shape index (κ2) is 7.68. The van der Waals surface area contributed by atoms with Crippen molar-refractivity contribution in [2.45, 2.75) is 13.0 Å². The van der Waals surface area contributed by atoms with E-state index in [1.165, 1.54) is 12.1 Å². The molecule has 0 aliphatic carbocycles. The van der Waals surface area contributed by atoms with Crippen molar-refractivity contribution in [2.75, 3.05) is 6.61 Å². The van der Waals surface area contributed by atoms with Crippen LogP contribution in [0.15, 0.2) is 42.5 Å². The van der Waals surface area contributed by atoms with Gasteiger partial charge in [-0.1, -0.05) is 29.5 Å². The van der Waals surface area contributed by atoms with Crippen molar-refractivity contribution in [3.63, 3.8) is 0 Å². The molecule has 0 aliphatic heterocycles. The van der Waals surface area contributed by atoms with E-state index in [0.29, 0.717) is 22.8 Å². The third kappa shape index (κ3) is 4.78. The summed E-state index contributed by atoms with van der Waals surface area (Å²) in [7, 11) is 0. The quantitative estimate of drug-likeness (QED) is 0.871. The topological polar surface area (TPSA) is 29.5 Å². The van der Waals surface area contributed by atoms with Gasteiger partial charge in [0, 0.05) is 22.6 Å². The number of aliphatic hydroxyl groups excluding tert-OH is 1. The number of hydrogen-bond acceptors (Lipinski definition) is 2. The van der Waals surface area contributed by atoms with Gasteiger partial charge < -0.3 is 9.84 Å². The van der Waals surface area contributed by atoms with E-state index >= 15 is 0 Å². The van der Waals surface area contributed by atoms with E-state index in [0.717, 1.165) is 5.56 Å². The average molecular weight is 305 g/mol. The first-order chi connectivity index (χ1) is 10.2. The molecular formula is C17H14ClFO2. The van der Waals surface area contributed by atoms with Gasteiger partial charge in [0.1, 0.15) is 18.2 Å². The van der Waals surface area contributed by atoms with Crippen molar-refractivity contribution in [2.24, 2.45) is 0 Å². The van der Waals surface area contributed by atoms with Crippen LogP contribution in [-0.4, -0.2) is 11.7 Å². The zero-order valence-corrected chi connectivity index (χ0v) is 12.0. The summed E-state index contributed by atoms with van der Waals surface area (Å²) in [4.78, 5) is 0. The minimum absolute atomic E-state index is 0.0150. The monoisotopic (exact) mass is 304 g/mol. The van der Waals surface area contributed by atoms with Crippen LogP contribution >= 0.6 is 11.6 Å². The molecule has 0 unspecified atom stereocenters. The molecule has 2 nitrogen and oxygen atoms in total. The van der Waals surface area contributed by atoms with Gasteiger partial charge in [-0.05, 0) is 36.4 Å². The first kappa shape index (κ1) is 15.4. The molecule has 2 aromatic rings. The van der Waals surface area contributed by atoms with Gasteiger partial charge in [-0.3, -0.25) is 0 Å². The van der Waals surface area contributed by atoms with Gasteiger partial charge in [-0.15, -0.1) is 0 Å². The van der Waals surface area contributed by atoms with E-state index < -0.39 is 0 Å². The Bertz CT molecular complexity index is 657. The highest BCUT2D eigenvalue weighted by Gasteiger charge is 2.03. The zero-order valence-electron chi connectivity index (χ0n) is 11.3. The molecule has 0 bridgehead atoms.